The van der Waals surface area contributed by atoms with Gasteiger partial charge in [0.1, 0.15) is 0 Å². The average Bonchev–Trinajstić information content (AvgIpc) is 2.94. The van der Waals surface area contributed by atoms with Gasteiger partial charge < -0.3 is 9.80 Å². The van der Waals surface area contributed by atoms with Gasteiger partial charge in [-0.1, -0.05) is 72.3 Å². The molecule has 0 unspecified atom stereocenters. The number of benzene rings is 2. The summed E-state index contributed by atoms with van der Waals surface area (Å²) in [4.78, 5) is 56.5. The van der Waals surface area contributed by atoms with E-state index in [0.29, 0.717) is 44.6 Å². The van der Waals surface area contributed by atoms with Gasteiger partial charge in [-0.2, -0.15) is 0 Å². The molecule has 1 saturated heterocycles. The Labute approximate surface area is 221 Å². The first-order valence-corrected chi connectivity index (χ1v) is 12.8. The zero-order chi connectivity index (χ0) is 26.4. The minimum absolute atomic E-state index is 0.0708. The number of piperidine rings is 1. The third-order valence-corrected chi connectivity index (χ3v) is 7.01. The number of aromatic nitrogens is 1. The highest BCUT2D eigenvalue weighted by molar-refractivity contribution is 6.30. The lowest BCUT2D eigenvalue weighted by molar-refractivity contribution is -0.142. The highest BCUT2D eigenvalue weighted by Gasteiger charge is 2.37. The molecule has 4 rings (SSSR count). The third-order valence-electron chi connectivity index (χ3n) is 6.79. The molecule has 1 aliphatic heterocycles. The smallest absolute Gasteiger partial charge is 0.253 e. The van der Waals surface area contributed by atoms with Crippen molar-refractivity contribution in [2.45, 2.75) is 32.4 Å². The van der Waals surface area contributed by atoms with Crippen molar-refractivity contribution in [2.75, 3.05) is 19.6 Å². The summed E-state index contributed by atoms with van der Waals surface area (Å²) >= 11 is 6.12. The fourth-order valence-electron chi connectivity index (χ4n) is 4.72. The van der Waals surface area contributed by atoms with E-state index < -0.39 is 23.3 Å². The van der Waals surface area contributed by atoms with Crippen LogP contribution in [0.15, 0.2) is 83.8 Å². The Morgan fingerprint density at radius 2 is 1.57 bits per heavy atom. The van der Waals surface area contributed by atoms with Gasteiger partial charge >= 0.3 is 0 Å². The molecule has 0 radical (unpaired) electrons. The molecule has 7 nitrogen and oxygen atoms in total. The second kappa shape index (κ2) is 12.0. The first-order chi connectivity index (χ1) is 17.9. The summed E-state index contributed by atoms with van der Waals surface area (Å²) in [5.41, 5.74) is 0.911. The van der Waals surface area contributed by atoms with Crippen LogP contribution < -0.4 is 5.56 Å². The number of likely N-dealkylation sites (tertiary alicyclic amines) is 1. The maximum Gasteiger partial charge on any atom is 0.253 e. The van der Waals surface area contributed by atoms with E-state index in [2.05, 4.69) is 0 Å². The molecule has 2 aromatic carbocycles. The molecule has 0 saturated carbocycles. The van der Waals surface area contributed by atoms with E-state index in [1.165, 1.54) is 18.3 Å². The van der Waals surface area contributed by atoms with Crippen molar-refractivity contribution in [3.63, 3.8) is 0 Å². The predicted molar refractivity (Wildman–Crippen MR) is 142 cm³/mol. The average molecular weight is 520 g/mol. The largest absolute Gasteiger partial charge is 0.340 e. The highest BCUT2D eigenvalue weighted by atomic mass is 35.5. The van der Waals surface area contributed by atoms with Crippen LogP contribution in [0.1, 0.15) is 41.7 Å². The Morgan fingerprint density at radius 3 is 2.19 bits per heavy atom. The van der Waals surface area contributed by atoms with Crippen molar-refractivity contribution in [2.24, 2.45) is 5.92 Å². The van der Waals surface area contributed by atoms with Gasteiger partial charge in [0.15, 0.2) is 11.8 Å². The van der Waals surface area contributed by atoms with E-state index in [0.717, 1.165) is 10.1 Å². The van der Waals surface area contributed by atoms with Crippen LogP contribution in [-0.2, 0) is 16.1 Å². The van der Waals surface area contributed by atoms with Gasteiger partial charge in [-0.15, -0.1) is 0 Å². The Bertz CT molecular complexity index is 1300. The van der Waals surface area contributed by atoms with Crippen molar-refractivity contribution < 1.29 is 14.4 Å². The maximum atomic E-state index is 13.7. The highest BCUT2D eigenvalue weighted by Crippen LogP contribution is 2.25. The number of carbonyl (C=O) groups excluding carboxylic acids is 3. The topological polar surface area (TPSA) is 79.7 Å². The Kier molecular flexibility index (Phi) is 8.56. The van der Waals surface area contributed by atoms with Crippen LogP contribution in [0.2, 0.25) is 5.02 Å². The van der Waals surface area contributed by atoms with Crippen LogP contribution in [0.25, 0.3) is 0 Å². The summed E-state index contributed by atoms with van der Waals surface area (Å²) in [6.07, 6.45) is 2.31. The van der Waals surface area contributed by atoms with Crippen molar-refractivity contribution in [3.05, 3.63) is 105 Å². The molecule has 1 aromatic heterocycles. The lowest BCUT2D eigenvalue weighted by Gasteiger charge is -2.35. The van der Waals surface area contributed by atoms with Crippen molar-refractivity contribution in [3.8, 4) is 0 Å². The first kappa shape index (κ1) is 26.4. The molecular weight excluding hydrogens is 490 g/mol. The fraction of sp³-hybridized carbons (Fsp3) is 0.310. The van der Waals surface area contributed by atoms with Gasteiger partial charge in [-0.25, -0.2) is 0 Å². The summed E-state index contributed by atoms with van der Waals surface area (Å²) in [7, 11) is 0. The SMILES string of the molecule is CCN(Cc1ccccc1)C(=O)C1CCN(C(=O)[C@H](C(=O)c2ccccc2)n2cc(Cl)ccc2=O)CC1. The van der Waals surface area contributed by atoms with Crippen molar-refractivity contribution in [1.82, 2.24) is 14.4 Å². The monoisotopic (exact) mass is 519 g/mol. The lowest BCUT2D eigenvalue weighted by atomic mass is 9.93. The zero-order valence-electron chi connectivity index (χ0n) is 20.8. The molecule has 0 bridgehead atoms. The lowest BCUT2D eigenvalue weighted by Crippen LogP contribution is -2.48. The third kappa shape index (κ3) is 6.17. The van der Waals surface area contributed by atoms with Gasteiger partial charge in [0.2, 0.25) is 5.91 Å². The van der Waals surface area contributed by atoms with Crippen LogP contribution in [0.5, 0.6) is 0 Å². The molecule has 0 spiro atoms. The van der Waals surface area contributed by atoms with E-state index in [9.17, 15) is 19.2 Å². The Balaban J connectivity index is 1.50. The Morgan fingerprint density at radius 1 is 0.946 bits per heavy atom. The number of rotatable bonds is 8. The molecule has 0 aliphatic carbocycles. The van der Waals surface area contributed by atoms with Crippen LogP contribution >= 0.6 is 11.6 Å². The quantitative estimate of drug-likeness (QED) is 0.330. The minimum atomic E-state index is -1.37. The summed E-state index contributed by atoms with van der Waals surface area (Å²) < 4.78 is 1.11. The number of carbonyl (C=O) groups is 3. The standard InChI is InChI=1S/C29H30ClN3O4/c1-2-31(19-21-9-5-3-6-10-21)28(36)23-15-17-32(18-16-23)29(37)26(27(35)22-11-7-4-8-12-22)33-20-24(30)13-14-25(33)34/h3-14,20,23,26H,2,15-19H2,1H3/t26-/m0/s1. The van der Waals surface area contributed by atoms with E-state index >= 15 is 0 Å². The van der Waals surface area contributed by atoms with Gasteiger partial charge in [-0.05, 0) is 31.4 Å². The molecule has 2 amide bonds. The number of hydrogen-bond donors (Lipinski definition) is 0. The summed E-state index contributed by atoms with van der Waals surface area (Å²) in [5.74, 6) is -1.08. The molecule has 37 heavy (non-hydrogen) atoms. The normalized spacial score (nSPS) is 14.7. The van der Waals surface area contributed by atoms with Gasteiger partial charge in [-0.3, -0.25) is 23.7 Å². The van der Waals surface area contributed by atoms with E-state index in [4.69, 9.17) is 11.6 Å². The zero-order valence-corrected chi connectivity index (χ0v) is 21.5. The summed E-state index contributed by atoms with van der Waals surface area (Å²) in [6, 6.07) is 19.6. The fourth-order valence-corrected chi connectivity index (χ4v) is 4.89. The predicted octanol–water partition coefficient (Wildman–Crippen LogP) is 4.21. The first-order valence-electron chi connectivity index (χ1n) is 12.5. The second-order valence-corrected chi connectivity index (χ2v) is 9.60. The van der Waals surface area contributed by atoms with E-state index in [-0.39, 0.29) is 16.8 Å². The number of amides is 2. The number of Topliss-reactive ketones (excluding diaryl/α,β-unsaturated/α-hetero) is 1. The molecule has 1 atom stereocenters. The molecule has 1 aliphatic rings. The summed E-state index contributed by atoms with van der Waals surface area (Å²) in [6.45, 7) is 3.75. The minimum Gasteiger partial charge on any atom is -0.340 e. The van der Waals surface area contributed by atoms with Gasteiger partial charge in [0.25, 0.3) is 11.5 Å². The number of pyridine rings is 1. The molecule has 3 aromatic rings. The van der Waals surface area contributed by atoms with Crippen molar-refractivity contribution in [1.29, 1.82) is 0 Å². The molecule has 1 fully saturated rings. The maximum absolute atomic E-state index is 13.7. The van der Waals surface area contributed by atoms with Crippen LogP contribution in [0.3, 0.4) is 0 Å². The molecule has 8 heteroatoms. The number of halogens is 1. The molecule has 2 heterocycles. The van der Waals surface area contributed by atoms with Crippen LogP contribution in [0, 0.1) is 5.92 Å². The van der Waals surface area contributed by atoms with Gasteiger partial charge in [0.05, 0.1) is 5.02 Å². The number of ketones is 1. The van der Waals surface area contributed by atoms with Crippen LogP contribution in [0.4, 0.5) is 0 Å². The van der Waals surface area contributed by atoms with Crippen molar-refractivity contribution >= 4 is 29.2 Å². The molecule has 0 N–H and O–H groups in total. The van der Waals surface area contributed by atoms with E-state index in [1.807, 2.05) is 42.2 Å². The number of nitrogens with zero attached hydrogens (tertiary/aromatic N) is 3. The van der Waals surface area contributed by atoms with Gasteiger partial charge in [0, 0.05) is 49.9 Å². The van der Waals surface area contributed by atoms with Crippen LogP contribution in [-0.4, -0.2) is 51.6 Å². The summed E-state index contributed by atoms with van der Waals surface area (Å²) in [5, 5.41) is 0.251. The second-order valence-electron chi connectivity index (χ2n) is 9.16. The molecular formula is C29H30ClN3O4. The number of hydrogen-bond acceptors (Lipinski definition) is 4. The van der Waals surface area contributed by atoms with E-state index in [1.54, 1.807) is 35.2 Å². The Hall–Kier alpha value is -3.71. The molecule has 192 valence electrons.